The van der Waals surface area contributed by atoms with E-state index in [1.165, 1.54) is 12.1 Å². The summed E-state index contributed by atoms with van der Waals surface area (Å²) < 4.78 is 39.9. The first kappa shape index (κ1) is 11.8. The number of rotatable bonds is 3. The molecule has 0 aromatic heterocycles. The fourth-order valence-electron chi connectivity index (χ4n) is 1.20. The predicted octanol–water partition coefficient (Wildman–Crippen LogP) is 1.39. The Bertz CT molecular complexity index is 323. The van der Waals surface area contributed by atoms with E-state index in [0.29, 0.717) is 12.1 Å². The van der Waals surface area contributed by atoms with Crippen molar-refractivity contribution in [3.8, 4) is 5.75 Å². The van der Waals surface area contributed by atoms with E-state index in [0.717, 1.165) is 4.90 Å². The third-order valence-corrected chi connectivity index (χ3v) is 1.69. The van der Waals surface area contributed by atoms with Crippen molar-refractivity contribution in [1.82, 2.24) is 0 Å². The topological polar surface area (TPSA) is 13.7 Å². The summed E-state index contributed by atoms with van der Waals surface area (Å²) in [5.41, 5.74) is 0.488. The Morgan fingerprint density at radius 1 is 1.33 bits per heavy atom. The molecule has 0 bridgehead atoms. The fourth-order valence-corrected chi connectivity index (χ4v) is 1.20. The molecular formula is C10H12F3NO. The van der Waals surface area contributed by atoms with Gasteiger partial charge in [0.05, 0.1) is 6.54 Å². The molecule has 1 aromatic rings. The van der Waals surface area contributed by atoms with Crippen molar-refractivity contribution in [3.05, 3.63) is 36.9 Å². The van der Waals surface area contributed by atoms with Crippen LogP contribution in [-0.4, -0.2) is 13.4 Å². The molecule has 84 valence electrons. The third kappa shape index (κ3) is 4.20. The van der Waals surface area contributed by atoms with Gasteiger partial charge in [0.1, 0.15) is 5.75 Å². The van der Waals surface area contributed by atoms with E-state index >= 15 is 0 Å². The molecular weight excluding hydrogens is 207 g/mol. The van der Waals surface area contributed by atoms with E-state index in [4.69, 9.17) is 0 Å². The van der Waals surface area contributed by atoms with Crippen LogP contribution in [0.25, 0.3) is 0 Å². The second-order valence-electron chi connectivity index (χ2n) is 3.29. The molecule has 2 nitrogen and oxygen atoms in total. The summed E-state index contributed by atoms with van der Waals surface area (Å²) in [7, 11) is 5.41. The van der Waals surface area contributed by atoms with E-state index in [2.05, 4.69) is 11.8 Å². The molecule has 0 saturated heterocycles. The molecule has 0 aliphatic carbocycles. The van der Waals surface area contributed by atoms with Crippen molar-refractivity contribution in [2.24, 2.45) is 0 Å². The van der Waals surface area contributed by atoms with Crippen LogP contribution in [0.2, 0.25) is 0 Å². The number of alkyl halides is 3. The van der Waals surface area contributed by atoms with Crippen LogP contribution in [0.4, 0.5) is 13.2 Å². The zero-order valence-corrected chi connectivity index (χ0v) is 8.27. The summed E-state index contributed by atoms with van der Waals surface area (Å²) in [5, 5.41) is 0. The van der Waals surface area contributed by atoms with Gasteiger partial charge in [-0.3, -0.25) is 0 Å². The number of benzene rings is 1. The SMILES string of the molecule is [CH2-][NH+](C)Cc1ccccc1OC(F)(F)F. The number of halogens is 3. The van der Waals surface area contributed by atoms with Crippen LogP contribution in [0.15, 0.2) is 24.3 Å². The van der Waals surface area contributed by atoms with Gasteiger partial charge in [0, 0.05) is 12.6 Å². The quantitative estimate of drug-likeness (QED) is 0.758. The molecule has 0 heterocycles. The standard InChI is InChI=1S/C10H12F3NO/c1-14(2)7-8-5-3-4-6-9(8)15-10(11,12)13/h3-6,14H,1,7H2,2H3. The summed E-state index contributed by atoms with van der Waals surface area (Å²) in [5.74, 6) is -0.159. The average Bonchev–Trinajstić information content (AvgIpc) is 2.05. The van der Waals surface area contributed by atoms with Crippen molar-refractivity contribution in [3.63, 3.8) is 0 Å². The highest BCUT2D eigenvalue weighted by molar-refractivity contribution is 5.32. The van der Waals surface area contributed by atoms with E-state index < -0.39 is 6.36 Å². The fraction of sp³-hybridized carbons (Fsp3) is 0.300. The molecule has 0 aliphatic rings. The Kier molecular flexibility index (Phi) is 3.57. The molecule has 15 heavy (non-hydrogen) atoms. The molecule has 0 aliphatic heterocycles. The average molecular weight is 219 g/mol. The van der Waals surface area contributed by atoms with Crippen LogP contribution in [-0.2, 0) is 6.54 Å². The molecule has 1 rings (SSSR count). The molecule has 0 amide bonds. The second-order valence-corrected chi connectivity index (χ2v) is 3.29. The number of ether oxygens (including phenoxy) is 1. The number of nitrogens with one attached hydrogen (secondary N) is 1. The van der Waals surface area contributed by atoms with Crippen molar-refractivity contribution < 1.29 is 22.8 Å². The van der Waals surface area contributed by atoms with Crippen LogP contribution in [0.3, 0.4) is 0 Å². The molecule has 5 heteroatoms. The van der Waals surface area contributed by atoms with Crippen LogP contribution >= 0.6 is 0 Å². The van der Waals surface area contributed by atoms with Gasteiger partial charge in [0.15, 0.2) is 0 Å². The van der Waals surface area contributed by atoms with Gasteiger partial charge in [-0.1, -0.05) is 12.1 Å². The monoisotopic (exact) mass is 219 g/mol. The van der Waals surface area contributed by atoms with Crippen LogP contribution in [0.1, 0.15) is 5.56 Å². The zero-order valence-electron chi connectivity index (χ0n) is 8.27. The first-order valence-electron chi connectivity index (χ1n) is 4.36. The molecule has 1 N–H and O–H groups in total. The molecule has 1 unspecified atom stereocenters. The number of quaternary nitrogens is 1. The van der Waals surface area contributed by atoms with Crippen LogP contribution in [0, 0.1) is 7.05 Å². The smallest absolute Gasteiger partial charge is 0.466 e. The largest absolute Gasteiger partial charge is 0.573 e. The highest BCUT2D eigenvalue weighted by atomic mass is 19.4. The minimum Gasteiger partial charge on any atom is -0.466 e. The van der Waals surface area contributed by atoms with Crippen LogP contribution < -0.4 is 9.64 Å². The lowest BCUT2D eigenvalue weighted by Gasteiger charge is -2.17. The van der Waals surface area contributed by atoms with Gasteiger partial charge in [-0.15, -0.1) is 13.2 Å². The van der Waals surface area contributed by atoms with E-state index in [-0.39, 0.29) is 5.75 Å². The first-order chi connectivity index (χ1) is 6.88. The van der Waals surface area contributed by atoms with Crippen LogP contribution in [0.5, 0.6) is 5.75 Å². The van der Waals surface area contributed by atoms with Crippen molar-refractivity contribution >= 4 is 0 Å². The Labute approximate surface area is 86.3 Å². The van der Waals surface area contributed by atoms with Gasteiger partial charge in [0.2, 0.25) is 0 Å². The molecule has 0 spiro atoms. The summed E-state index contributed by atoms with van der Waals surface area (Å²) >= 11 is 0. The van der Waals surface area contributed by atoms with Crippen molar-refractivity contribution in [2.75, 3.05) is 7.05 Å². The Morgan fingerprint density at radius 3 is 2.47 bits per heavy atom. The number of hydrogen-bond donors (Lipinski definition) is 1. The Hall–Kier alpha value is -1.23. The minimum atomic E-state index is -4.65. The van der Waals surface area contributed by atoms with E-state index in [1.54, 1.807) is 19.2 Å². The first-order valence-corrected chi connectivity index (χ1v) is 4.36. The van der Waals surface area contributed by atoms with Gasteiger partial charge in [-0.25, -0.2) is 0 Å². The Balaban J connectivity index is 2.86. The van der Waals surface area contributed by atoms with Gasteiger partial charge < -0.3 is 9.64 Å². The summed E-state index contributed by atoms with van der Waals surface area (Å²) in [6.07, 6.45) is -4.65. The maximum Gasteiger partial charge on any atom is 0.573 e. The van der Waals surface area contributed by atoms with E-state index in [9.17, 15) is 13.2 Å². The van der Waals surface area contributed by atoms with Gasteiger partial charge in [0.25, 0.3) is 0 Å². The van der Waals surface area contributed by atoms with Crippen molar-refractivity contribution in [1.29, 1.82) is 0 Å². The second kappa shape index (κ2) is 4.53. The number of hydrogen-bond acceptors (Lipinski definition) is 1. The molecule has 0 fully saturated rings. The van der Waals surface area contributed by atoms with Gasteiger partial charge >= 0.3 is 6.36 Å². The van der Waals surface area contributed by atoms with Gasteiger partial charge in [-0.2, -0.15) is 7.05 Å². The van der Waals surface area contributed by atoms with Crippen molar-refractivity contribution in [2.45, 2.75) is 12.9 Å². The predicted molar refractivity (Wildman–Crippen MR) is 49.1 cm³/mol. The third-order valence-electron chi connectivity index (χ3n) is 1.69. The highest BCUT2D eigenvalue weighted by Gasteiger charge is 2.32. The van der Waals surface area contributed by atoms with Gasteiger partial charge in [-0.05, 0) is 12.1 Å². The lowest BCUT2D eigenvalue weighted by molar-refractivity contribution is -0.846. The molecule has 0 radical (unpaired) electrons. The molecule has 1 aromatic carbocycles. The normalized spacial score (nSPS) is 13.7. The van der Waals surface area contributed by atoms with E-state index in [1.807, 2.05) is 0 Å². The number of para-hydroxylation sites is 1. The highest BCUT2D eigenvalue weighted by Crippen LogP contribution is 2.25. The maximum atomic E-state index is 12.0. The zero-order chi connectivity index (χ0) is 11.5. The molecule has 0 saturated carbocycles. The lowest BCUT2D eigenvalue weighted by Crippen LogP contribution is -3.01. The minimum absolute atomic E-state index is 0.159. The summed E-state index contributed by atoms with van der Waals surface area (Å²) in [6.45, 7) is 0.381. The lowest BCUT2D eigenvalue weighted by atomic mass is 10.2. The summed E-state index contributed by atoms with van der Waals surface area (Å²) in [6, 6.07) is 6.06. The summed E-state index contributed by atoms with van der Waals surface area (Å²) in [4.78, 5) is 0.785. The Morgan fingerprint density at radius 2 is 1.93 bits per heavy atom. The molecule has 1 atom stereocenters. The maximum absolute atomic E-state index is 12.0.